The number of fused-ring (bicyclic) bond motifs is 1. The monoisotopic (exact) mass is 398 g/mol. The quantitative estimate of drug-likeness (QED) is 0.811. The number of hydrogen-bond acceptors (Lipinski definition) is 3. The SMILES string of the molecule is CC(NS(=O)(=O)c1ccc2c(c1)CCN(C(=O)CC1CC1)C2)c1ccccc1. The first-order valence-corrected chi connectivity index (χ1v) is 11.4. The number of nitrogens with one attached hydrogen (secondary N) is 1. The Labute approximate surface area is 166 Å². The summed E-state index contributed by atoms with van der Waals surface area (Å²) < 4.78 is 28.4. The Bertz CT molecular complexity index is 969. The van der Waals surface area contributed by atoms with Gasteiger partial charge in [-0.05, 0) is 60.9 Å². The fourth-order valence-corrected chi connectivity index (χ4v) is 5.00. The van der Waals surface area contributed by atoms with Gasteiger partial charge in [0, 0.05) is 25.6 Å². The number of benzene rings is 2. The normalized spacial score (nSPS) is 17.8. The maximum absolute atomic E-state index is 12.8. The summed E-state index contributed by atoms with van der Waals surface area (Å²) in [5.74, 6) is 0.808. The van der Waals surface area contributed by atoms with Gasteiger partial charge in [0.05, 0.1) is 4.90 Å². The molecule has 0 saturated heterocycles. The highest BCUT2D eigenvalue weighted by Gasteiger charge is 2.29. The van der Waals surface area contributed by atoms with E-state index >= 15 is 0 Å². The summed E-state index contributed by atoms with van der Waals surface area (Å²) in [7, 11) is -3.61. The van der Waals surface area contributed by atoms with Crippen molar-refractivity contribution >= 4 is 15.9 Å². The molecule has 1 amide bonds. The number of rotatable bonds is 6. The third-order valence-corrected chi connectivity index (χ3v) is 7.18. The van der Waals surface area contributed by atoms with Crippen molar-refractivity contribution < 1.29 is 13.2 Å². The van der Waals surface area contributed by atoms with Crippen LogP contribution in [-0.2, 0) is 27.8 Å². The zero-order valence-electron chi connectivity index (χ0n) is 16.1. The summed E-state index contributed by atoms with van der Waals surface area (Å²) in [5.41, 5.74) is 2.99. The maximum Gasteiger partial charge on any atom is 0.241 e. The van der Waals surface area contributed by atoms with E-state index in [0.717, 1.165) is 16.7 Å². The van der Waals surface area contributed by atoms with Crippen LogP contribution < -0.4 is 4.72 Å². The molecule has 6 heteroatoms. The summed E-state index contributed by atoms with van der Waals surface area (Å²) in [6, 6.07) is 14.5. The van der Waals surface area contributed by atoms with Crippen LogP contribution in [0.4, 0.5) is 0 Å². The molecule has 1 N–H and O–H groups in total. The lowest BCUT2D eigenvalue weighted by atomic mass is 9.99. The number of sulfonamides is 1. The lowest BCUT2D eigenvalue weighted by Crippen LogP contribution is -2.36. The molecule has 0 aromatic heterocycles. The minimum atomic E-state index is -3.61. The topological polar surface area (TPSA) is 66.5 Å². The predicted molar refractivity (Wildman–Crippen MR) is 108 cm³/mol. The molecule has 1 aliphatic heterocycles. The number of nitrogens with zero attached hydrogens (tertiary/aromatic N) is 1. The Balaban J connectivity index is 1.47. The van der Waals surface area contributed by atoms with E-state index in [1.54, 1.807) is 12.1 Å². The van der Waals surface area contributed by atoms with Gasteiger partial charge in [0.25, 0.3) is 0 Å². The van der Waals surface area contributed by atoms with E-state index in [2.05, 4.69) is 4.72 Å². The summed E-state index contributed by atoms with van der Waals surface area (Å²) >= 11 is 0. The molecule has 28 heavy (non-hydrogen) atoms. The first-order valence-electron chi connectivity index (χ1n) is 9.89. The molecule has 1 unspecified atom stereocenters. The molecule has 2 aliphatic rings. The molecule has 1 fully saturated rings. The second-order valence-corrected chi connectivity index (χ2v) is 9.61. The molecular weight excluding hydrogens is 372 g/mol. The van der Waals surface area contributed by atoms with Crippen LogP contribution in [-0.4, -0.2) is 25.8 Å². The van der Waals surface area contributed by atoms with Crippen molar-refractivity contribution in [2.45, 2.75) is 50.1 Å². The minimum absolute atomic E-state index is 0.225. The number of carbonyl (C=O) groups excluding carboxylic acids is 1. The van der Waals surface area contributed by atoms with Gasteiger partial charge in [-0.2, -0.15) is 0 Å². The van der Waals surface area contributed by atoms with Gasteiger partial charge >= 0.3 is 0 Å². The highest BCUT2D eigenvalue weighted by Crippen LogP contribution is 2.33. The molecule has 1 aliphatic carbocycles. The van der Waals surface area contributed by atoms with E-state index in [0.29, 0.717) is 31.8 Å². The minimum Gasteiger partial charge on any atom is -0.338 e. The smallest absolute Gasteiger partial charge is 0.241 e. The third-order valence-electron chi connectivity index (χ3n) is 5.64. The lowest BCUT2D eigenvalue weighted by Gasteiger charge is -2.29. The van der Waals surface area contributed by atoms with Crippen LogP contribution in [0.1, 0.15) is 48.9 Å². The van der Waals surface area contributed by atoms with Crippen molar-refractivity contribution in [2.75, 3.05) is 6.54 Å². The Kier molecular flexibility index (Phi) is 5.25. The van der Waals surface area contributed by atoms with E-state index in [9.17, 15) is 13.2 Å². The van der Waals surface area contributed by atoms with Crippen molar-refractivity contribution in [1.29, 1.82) is 0 Å². The first-order chi connectivity index (χ1) is 13.4. The van der Waals surface area contributed by atoms with Gasteiger partial charge in [-0.15, -0.1) is 0 Å². The molecule has 1 atom stereocenters. The average Bonchev–Trinajstić information content (AvgIpc) is 3.51. The van der Waals surface area contributed by atoms with Gasteiger partial charge in [0.2, 0.25) is 15.9 Å². The number of amides is 1. The standard InChI is InChI=1S/C22H26N2O3S/c1-16(18-5-3-2-4-6-18)23-28(26,27)21-10-9-20-15-24(12-11-19(20)14-21)22(25)13-17-7-8-17/h2-6,9-10,14,16-17,23H,7-8,11-13,15H2,1H3. The molecule has 0 bridgehead atoms. The van der Waals surface area contributed by atoms with Crippen LogP contribution >= 0.6 is 0 Å². The predicted octanol–water partition coefficient (Wildman–Crippen LogP) is 3.41. The Morgan fingerprint density at radius 2 is 1.89 bits per heavy atom. The highest BCUT2D eigenvalue weighted by molar-refractivity contribution is 7.89. The second-order valence-electron chi connectivity index (χ2n) is 7.90. The first kappa shape index (κ1) is 19.2. The second kappa shape index (κ2) is 7.68. The average molecular weight is 399 g/mol. The largest absolute Gasteiger partial charge is 0.338 e. The zero-order chi connectivity index (χ0) is 19.7. The molecule has 1 saturated carbocycles. The Morgan fingerprint density at radius 1 is 1.14 bits per heavy atom. The van der Waals surface area contributed by atoms with Crippen LogP contribution in [0, 0.1) is 5.92 Å². The van der Waals surface area contributed by atoms with Crippen molar-refractivity contribution in [3.8, 4) is 0 Å². The fraction of sp³-hybridized carbons (Fsp3) is 0.409. The molecule has 2 aromatic carbocycles. The Morgan fingerprint density at radius 3 is 2.61 bits per heavy atom. The van der Waals surface area contributed by atoms with E-state index < -0.39 is 10.0 Å². The van der Waals surface area contributed by atoms with Crippen LogP contribution in [0.2, 0.25) is 0 Å². The summed E-state index contributed by atoms with van der Waals surface area (Å²) in [6.45, 7) is 3.08. The Hall–Kier alpha value is -2.18. The van der Waals surface area contributed by atoms with Crippen LogP contribution in [0.5, 0.6) is 0 Å². The summed E-state index contributed by atoms with van der Waals surface area (Å²) in [5, 5.41) is 0. The van der Waals surface area contributed by atoms with E-state index in [4.69, 9.17) is 0 Å². The van der Waals surface area contributed by atoms with Crippen LogP contribution in [0.15, 0.2) is 53.4 Å². The molecule has 2 aromatic rings. The molecule has 5 nitrogen and oxygen atoms in total. The summed E-state index contributed by atoms with van der Waals surface area (Å²) in [6.07, 6.45) is 3.70. The molecule has 148 valence electrons. The van der Waals surface area contributed by atoms with Gasteiger partial charge in [-0.25, -0.2) is 13.1 Å². The molecular formula is C22H26N2O3S. The lowest BCUT2D eigenvalue weighted by molar-refractivity contribution is -0.132. The van der Waals surface area contributed by atoms with Gasteiger partial charge in [-0.3, -0.25) is 4.79 Å². The highest BCUT2D eigenvalue weighted by atomic mass is 32.2. The van der Waals surface area contributed by atoms with E-state index in [1.807, 2.05) is 48.2 Å². The van der Waals surface area contributed by atoms with Gasteiger partial charge in [-0.1, -0.05) is 36.4 Å². The third kappa shape index (κ3) is 4.28. The fourth-order valence-electron chi connectivity index (χ4n) is 3.72. The number of carbonyl (C=O) groups is 1. The van der Waals surface area contributed by atoms with Gasteiger partial charge < -0.3 is 4.90 Å². The van der Waals surface area contributed by atoms with E-state index in [1.165, 1.54) is 12.8 Å². The molecule has 0 radical (unpaired) electrons. The van der Waals surface area contributed by atoms with Crippen molar-refractivity contribution in [3.63, 3.8) is 0 Å². The van der Waals surface area contributed by atoms with Crippen molar-refractivity contribution in [2.24, 2.45) is 5.92 Å². The molecule has 4 rings (SSSR count). The van der Waals surface area contributed by atoms with Crippen molar-refractivity contribution in [1.82, 2.24) is 9.62 Å². The molecule has 1 heterocycles. The van der Waals surface area contributed by atoms with Crippen LogP contribution in [0.25, 0.3) is 0 Å². The number of hydrogen-bond donors (Lipinski definition) is 1. The van der Waals surface area contributed by atoms with Gasteiger partial charge in [0.1, 0.15) is 0 Å². The van der Waals surface area contributed by atoms with Crippen molar-refractivity contribution in [3.05, 3.63) is 65.2 Å². The summed E-state index contributed by atoms with van der Waals surface area (Å²) in [4.78, 5) is 14.6. The van der Waals surface area contributed by atoms with Crippen LogP contribution in [0.3, 0.4) is 0 Å². The van der Waals surface area contributed by atoms with E-state index in [-0.39, 0.29) is 16.8 Å². The maximum atomic E-state index is 12.8. The zero-order valence-corrected chi connectivity index (χ0v) is 16.9. The van der Waals surface area contributed by atoms with Gasteiger partial charge in [0.15, 0.2) is 0 Å². The molecule has 0 spiro atoms.